The van der Waals surface area contributed by atoms with Crippen LogP contribution in [0.25, 0.3) is 0 Å². The Bertz CT molecular complexity index is 388. The zero-order chi connectivity index (χ0) is 13.5. The number of aliphatic carboxylic acids is 1. The predicted octanol–water partition coefficient (Wildman–Crippen LogP) is 2.68. The van der Waals surface area contributed by atoms with E-state index >= 15 is 0 Å². The minimum absolute atomic E-state index is 0.000992. The number of anilines is 1. The van der Waals surface area contributed by atoms with E-state index < -0.39 is 5.97 Å². The van der Waals surface area contributed by atoms with Crippen molar-refractivity contribution in [3.8, 4) is 0 Å². The molecule has 4 nitrogen and oxygen atoms in total. The first-order chi connectivity index (χ1) is 9.25. The first kappa shape index (κ1) is 13.9. The van der Waals surface area contributed by atoms with Crippen molar-refractivity contribution in [2.45, 2.75) is 38.3 Å². The third-order valence-corrected chi connectivity index (χ3v) is 3.69. The minimum Gasteiger partial charge on any atom is -0.480 e. The lowest BCUT2D eigenvalue weighted by molar-refractivity contribution is -0.136. The van der Waals surface area contributed by atoms with Gasteiger partial charge in [0.25, 0.3) is 0 Å². The Hall–Kier alpha value is -1.55. The maximum absolute atomic E-state index is 10.7. The molecule has 0 heterocycles. The zero-order valence-electron chi connectivity index (χ0n) is 11.1. The number of carboxylic acids is 1. The Morgan fingerprint density at radius 3 is 2.53 bits per heavy atom. The lowest BCUT2D eigenvalue weighted by Crippen LogP contribution is -2.45. The molecule has 1 aromatic carbocycles. The van der Waals surface area contributed by atoms with Gasteiger partial charge in [0, 0.05) is 5.69 Å². The highest BCUT2D eigenvalue weighted by Gasteiger charge is 2.23. The van der Waals surface area contributed by atoms with Crippen LogP contribution < -0.4 is 10.6 Å². The number of para-hydroxylation sites is 1. The molecule has 0 aliphatic heterocycles. The summed E-state index contributed by atoms with van der Waals surface area (Å²) in [5.41, 5.74) is 1.04. The van der Waals surface area contributed by atoms with Gasteiger partial charge in [0.15, 0.2) is 0 Å². The van der Waals surface area contributed by atoms with E-state index in [0.29, 0.717) is 5.92 Å². The predicted molar refractivity (Wildman–Crippen MR) is 76.1 cm³/mol. The molecule has 0 spiro atoms. The van der Waals surface area contributed by atoms with Crippen molar-refractivity contribution in [3.05, 3.63) is 30.3 Å². The van der Waals surface area contributed by atoms with Gasteiger partial charge in [-0.2, -0.15) is 0 Å². The molecule has 1 fully saturated rings. The zero-order valence-corrected chi connectivity index (χ0v) is 11.1. The summed E-state index contributed by atoms with van der Waals surface area (Å²) in [5, 5.41) is 15.4. The molecule has 19 heavy (non-hydrogen) atoms. The van der Waals surface area contributed by atoms with Gasteiger partial charge in [-0.05, 0) is 30.9 Å². The summed E-state index contributed by atoms with van der Waals surface area (Å²) in [6, 6.07) is 9.97. The van der Waals surface area contributed by atoms with Crippen molar-refractivity contribution in [1.82, 2.24) is 5.32 Å². The van der Waals surface area contributed by atoms with Gasteiger partial charge in [0.2, 0.25) is 0 Å². The molecule has 1 unspecified atom stereocenters. The van der Waals surface area contributed by atoms with Crippen LogP contribution in [-0.4, -0.2) is 23.8 Å². The topological polar surface area (TPSA) is 61.4 Å². The van der Waals surface area contributed by atoms with Crippen molar-refractivity contribution >= 4 is 11.7 Å². The Kier molecular flexibility index (Phi) is 5.21. The molecule has 4 heteroatoms. The average molecular weight is 262 g/mol. The van der Waals surface area contributed by atoms with E-state index in [1.54, 1.807) is 0 Å². The Morgan fingerprint density at radius 2 is 1.89 bits per heavy atom. The number of hydrogen-bond acceptors (Lipinski definition) is 3. The molecule has 0 saturated heterocycles. The summed E-state index contributed by atoms with van der Waals surface area (Å²) in [7, 11) is 0. The fraction of sp³-hybridized carbons (Fsp3) is 0.533. The highest BCUT2D eigenvalue weighted by molar-refractivity contribution is 5.69. The lowest BCUT2D eigenvalue weighted by atomic mass is 9.87. The van der Waals surface area contributed by atoms with Crippen LogP contribution in [0, 0.1) is 5.92 Å². The summed E-state index contributed by atoms with van der Waals surface area (Å²) in [6.45, 7) is 0.000992. The molecule has 104 valence electrons. The minimum atomic E-state index is -0.810. The third-order valence-electron chi connectivity index (χ3n) is 3.69. The molecule has 2 rings (SSSR count). The summed E-state index contributed by atoms with van der Waals surface area (Å²) in [6.07, 6.45) is 6.15. The van der Waals surface area contributed by atoms with Gasteiger partial charge in [0.1, 0.15) is 0 Å². The first-order valence-corrected chi connectivity index (χ1v) is 7.02. The van der Waals surface area contributed by atoms with Crippen molar-refractivity contribution < 1.29 is 9.90 Å². The van der Waals surface area contributed by atoms with E-state index in [4.69, 9.17) is 5.11 Å². The van der Waals surface area contributed by atoms with Crippen molar-refractivity contribution in [2.75, 3.05) is 11.9 Å². The molecule has 0 amide bonds. The third kappa shape index (κ3) is 4.56. The van der Waals surface area contributed by atoms with Crippen molar-refractivity contribution in [1.29, 1.82) is 0 Å². The second-order valence-corrected chi connectivity index (χ2v) is 5.16. The quantitative estimate of drug-likeness (QED) is 0.690. The van der Waals surface area contributed by atoms with Gasteiger partial charge in [0.05, 0.1) is 12.7 Å². The molecular formula is C15H22N2O2. The fourth-order valence-corrected chi connectivity index (χ4v) is 2.71. The number of nitrogens with one attached hydrogen (secondary N) is 2. The Morgan fingerprint density at radius 1 is 1.21 bits per heavy atom. The van der Waals surface area contributed by atoms with Crippen molar-refractivity contribution in [2.24, 2.45) is 5.92 Å². The van der Waals surface area contributed by atoms with Crippen LogP contribution in [0.4, 0.5) is 5.69 Å². The number of carbonyl (C=O) groups is 1. The SMILES string of the molecule is O=C(O)CNC(Nc1ccccc1)C1CCCCC1. The number of benzene rings is 1. The summed E-state index contributed by atoms with van der Waals surface area (Å²) in [4.78, 5) is 10.7. The molecule has 1 aromatic rings. The van der Waals surface area contributed by atoms with E-state index in [2.05, 4.69) is 10.6 Å². The molecule has 1 atom stereocenters. The van der Waals surface area contributed by atoms with Gasteiger partial charge < -0.3 is 10.4 Å². The Balaban J connectivity index is 1.98. The molecule has 3 N–H and O–H groups in total. The molecule has 0 aromatic heterocycles. The van der Waals surface area contributed by atoms with Crippen LogP contribution in [-0.2, 0) is 4.79 Å². The molecule has 1 aliphatic carbocycles. The maximum atomic E-state index is 10.7. The summed E-state index contributed by atoms with van der Waals surface area (Å²) in [5.74, 6) is -0.302. The standard InChI is InChI=1S/C15H22N2O2/c18-14(19)11-16-15(12-7-3-1-4-8-12)17-13-9-5-2-6-10-13/h2,5-6,9-10,12,15-17H,1,3-4,7-8,11H2,(H,18,19). The average Bonchev–Trinajstić information content (AvgIpc) is 2.45. The van der Waals surface area contributed by atoms with Gasteiger partial charge in [-0.15, -0.1) is 0 Å². The second-order valence-electron chi connectivity index (χ2n) is 5.16. The Labute approximate surface area is 114 Å². The van der Waals surface area contributed by atoms with E-state index in [-0.39, 0.29) is 12.7 Å². The number of rotatable bonds is 6. The van der Waals surface area contributed by atoms with Gasteiger partial charge in [-0.25, -0.2) is 0 Å². The van der Waals surface area contributed by atoms with Gasteiger partial charge in [-0.1, -0.05) is 37.5 Å². The normalized spacial score (nSPS) is 17.9. The molecule has 0 radical (unpaired) electrons. The molecule has 1 saturated carbocycles. The van der Waals surface area contributed by atoms with Crippen LogP contribution in [0.2, 0.25) is 0 Å². The maximum Gasteiger partial charge on any atom is 0.317 e. The van der Waals surface area contributed by atoms with Crippen LogP contribution in [0.1, 0.15) is 32.1 Å². The van der Waals surface area contributed by atoms with E-state index in [1.165, 1.54) is 19.3 Å². The smallest absolute Gasteiger partial charge is 0.317 e. The monoisotopic (exact) mass is 262 g/mol. The van der Waals surface area contributed by atoms with Crippen LogP contribution >= 0.6 is 0 Å². The van der Waals surface area contributed by atoms with Crippen LogP contribution in [0.15, 0.2) is 30.3 Å². The highest BCUT2D eigenvalue weighted by Crippen LogP contribution is 2.27. The molecule has 1 aliphatic rings. The number of hydrogen-bond donors (Lipinski definition) is 3. The van der Waals surface area contributed by atoms with E-state index in [9.17, 15) is 4.79 Å². The second kappa shape index (κ2) is 7.14. The van der Waals surface area contributed by atoms with Gasteiger partial charge >= 0.3 is 5.97 Å². The largest absolute Gasteiger partial charge is 0.480 e. The van der Waals surface area contributed by atoms with E-state index in [0.717, 1.165) is 18.5 Å². The molecule has 0 bridgehead atoms. The summed E-state index contributed by atoms with van der Waals surface area (Å²) >= 11 is 0. The lowest BCUT2D eigenvalue weighted by Gasteiger charge is -2.32. The van der Waals surface area contributed by atoms with Crippen LogP contribution in [0.5, 0.6) is 0 Å². The first-order valence-electron chi connectivity index (χ1n) is 7.02. The van der Waals surface area contributed by atoms with Crippen LogP contribution in [0.3, 0.4) is 0 Å². The summed E-state index contributed by atoms with van der Waals surface area (Å²) < 4.78 is 0. The number of carboxylic acid groups (broad SMARTS) is 1. The van der Waals surface area contributed by atoms with Gasteiger partial charge in [-0.3, -0.25) is 10.1 Å². The highest BCUT2D eigenvalue weighted by atomic mass is 16.4. The fourth-order valence-electron chi connectivity index (χ4n) is 2.71. The van der Waals surface area contributed by atoms with E-state index in [1.807, 2.05) is 30.3 Å². The van der Waals surface area contributed by atoms with Crippen molar-refractivity contribution in [3.63, 3.8) is 0 Å². The molecular weight excluding hydrogens is 240 g/mol.